The summed E-state index contributed by atoms with van der Waals surface area (Å²) < 4.78 is 48.8. The molecule has 4 heterocycles. The van der Waals surface area contributed by atoms with Crippen LogP contribution in [0.1, 0.15) is 119 Å². The van der Waals surface area contributed by atoms with Crippen molar-refractivity contribution in [1.82, 2.24) is 24.8 Å². The molecule has 4 N–H and O–H groups in total. The zero-order valence-electron chi connectivity index (χ0n) is 45.4. The number of cyclic esters (lactones) is 1. The van der Waals surface area contributed by atoms with E-state index in [9.17, 15) is 29.6 Å². The monoisotopic (exact) mass is 1010 g/mol. The van der Waals surface area contributed by atoms with E-state index in [1.165, 1.54) is 6.92 Å². The molecule has 2 aromatic carbocycles. The van der Waals surface area contributed by atoms with Crippen molar-refractivity contribution in [2.24, 2.45) is 23.7 Å². The average molecular weight is 1010 g/mol. The maximum atomic E-state index is 14.6. The third-order valence-electron chi connectivity index (χ3n) is 16.7. The normalized spacial score (nSPS) is 38.5. The number of methoxy groups -OCH3 is 1. The molecule has 2 unspecified atom stereocenters. The number of hydrogen-bond donors (Lipinski definition) is 4. The second-order valence-electron chi connectivity index (χ2n) is 22.7. The Balaban J connectivity index is 1.23. The Labute approximate surface area is 428 Å². The number of rotatable bonds is 14. The highest BCUT2D eigenvalue weighted by Gasteiger charge is 2.54. The van der Waals surface area contributed by atoms with Crippen molar-refractivity contribution in [3.8, 4) is 11.1 Å². The predicted octanol–water partition coefficient (Wildman–Crippen LogP) is 6.83. The van der Waals surface area contributed by atoms with Crippen LogP contribution in [-0.2, 0) is 41.3 Å². The summed E-state index contributed by atoms with van der Waals surface area (Å²) in [6, 6.07) is 17.4. The molecule has 18 atom stereocenters. The van der Waals surface area contributed by atoms with E-state index in [1.54, 1.807) is 32.6 Å². The van der Waals surface area contributed by atoms with Gasteiger partial charge in [-0.3, -0.25) is 4.79 Å². The molecule has 0 spiro atoms. The summed E-state index contributed by atoms with van der Waals surface area (Å²) in [5.74, 6) is -2.80. The topological polar surface area (TPSA) is 181 Å². The second-order valence-corrected chi connectivity index (χ2v) is 22.7. The van der Waals surface area contributed by atoms with Gasteiger partial charge in [0.25, 0.3) is 0 Å². The van der Waals surface area contributed by atoms with Gasteiger partial charge in [-0.25, -0.2) is 9.07 Å². The van der Waals surface area contributed by atoms with Crippen LogP contribution in [0.3, 0.4) is 0 Å². The number of aliphatic hydroxyl groups excluding tert-OH is 2. The maximum absolute atomic E-state index is 14.6. The fraction of sp³-hybridized carbons (Fsp3) is 0.732. The van der Waals surface area contributed by atoms with Gasteiger partial charge in [-0.1, -0.05) is 87.5 Å². The number of alkyl halides is 1. The zero-order valence-corrected chi connectivity index (χ0v) is 45.4. The fourth-order valence-electron chi connectivity index (χ4n) is 12.2. The lowest BCUT2D eigenvalue weighted by Crippen LogP contribution is -2.61. The number of ether oxygens (including phenoxy) is 5. The van der Waals surface area contributed by atoms with Crippen molar-refractivity contribution in [1.29, 1.82) is 0 Å². The molecule has 3 fully saturated rings. The first-order chi connectivity index (χ1) is 33.9. The molecule has 0 saturated carbocycles. The molecule has 3 saturated heterocycles. The summed E-state index contributed by atoms with van der Waals surface area (Å²) in [6.45, 7) is 18.9. The van der Waals surface area contributed by atoms with Crippen LogP contribution in [0.2, 0.25) is 0 Å². The van der Waals surface area contributed by atoms with E-state index in [-0.39, 0.29) is 30.9 Å². The molecular formula is C56H88FN5O10. The highest BCUT2D eigenvalue weighted by molar-refractivity contribution is 5.73. The largest absolute Gasteiger partial charge is 0.459 e. The van der Waals surface area contributed by atoms with Crippen LogP contribution in [0.5, 0.6) is 0 Å². The third kappa shape index (κ3) is 13.5. The number of esters is 1. The van der Waals surface area contributed by atoms with E-state index in [0.29, 0.717) is 38.8 Å². The fourth-order valence-corrected chi connectivity index (χ4v) is 12.2. The van der Waals surface area contributed by atoms with Gasteiger partial charge in [0.05, 0.1) is 53.3 Å². The Morgan fingerprint density at radius 2 is 1.60 bits per heavy atom. The number of benzene rings is 2. The van der Waals surface area contributed by atoms with E-state index in [2.05, 4.69) is 46.5 Å². The third-order valence-corrected chi connectivity index (χ3v) is 16.7. The molecule has 15 nitrogen and oxygen atoms in total. The van der Waals surface area contributed by atoms with Crippen molar-refractivity contribution in [2.75, 3.05) is 41.0 Å². The molecule has 0 aliphatic carbocycles. The first kappa shape index (κ1) is 57.9. The van der Waals surface area contributed by atoms with Gasteiger partial charge in [0.15, 0.2) is 6.29 Å². The number of carbonyl (C=O) groups is 1. The highest BCUT2D eigenvalue weighted by atomic mass is 19.1. The second kappa shape index (κ2) is 24.5. The Hall–Kier alpha value is -3.42. The standard InChI is InChI=1S/C56H88FN5O10/c1-14-47-56(10,67)50(63)38(6)61(12)32-34(2)29-54(8,66)52(36(4)49(37(5)53(65)71-47)46-30-55(9,68-13)51(64)39(7)70-46)72-48-28-44(26-35(3)69-48)60(11)25-24-43-33-62(59-58-43)45(31-57)27-40-20-22-42(23-21-40)41-18-16-15-17-19-41/h15-23,33-39,44-52,63-64,66-67H,14,24-32H2,1-13H3/t34-,35?,36+,37-,38-,39+,44+,45+,46?,47-,48+,49+,50-,51+,52-,54-,55-,56-/m1/s1. The molecule has 16 heteroatoms. The van der Waals surface area contributed by atoms with Gasteiger partial charge in [0, 0.05) is 63.7 Å². The Bertz CT molecular complexity index is 2150. The predicted molar refractivity (Wildman–Crippen MR) is 275 cm³/mol. The minimum absolute atomic E-state index is 0.0316. The summed E-state index contributed by atoms with van der Waals surface area (Å²) >= 11 is 0. The van der Waals surface area contributed by atoms with Crippen molar-refractivity contribution in [2.45, 2.75) is 198 Å². The molecule has 3 aliphatic rings. The SMILES string of the molecule is CC[C@H]1OC(=O)[C@H](C)[C@@H](C2C[C@@](C)(OC)[C@@H](O)[C@H](C)O2)[C@H](C)[C@@H](O[C@H]2C[C@@H](N(C)CCc3cn([C@H](CF)Cc4ccc(-c5ccccc5)cc4)nn3)CC(C)O2)[C@](C)(O)C[C@@H](C)CN(C)[C@H](C)[C@@H](O)[C@]1(C)O. The zero-order chi connectivity index (χ0) is 52.9. The van der Waals surface area contributed by atoms with Gasteiger partial charge >= 0.3 is 5.97 Å². The van der Waals surface area contributed by atoms with Gasteiger partial charge in [0.2, 0.25) is 0 Å². The summed E-state index contributed by atoms with van der Waals surface area (Å²) in [7, 11) is 5.50. The van der Waals surface area contributed by atoms with Gasteiger partial charge in [-0.2, -0.15) is 0 Å². The number of carbonyl (C=O) groups excluding carboxylic acids is 1. The van der Waals surface area contributed by atoms with Crippen LogP contribution >= 0.6 is 0 Å². The van der Waals surface area contributed by atoms with E-state index >= 15 is 0 Å². The van der Waals surface area contributed by atoms with Crippen LogP contribution in [0.25, 0.3) is 11.1 Å². The minimum Gasteiger partial charge on any atom is -0.459 e. The van der Waals surface area contributed by atoms with Crippen LogP contribution in [-0.4, -0.2) is 170 Å². The molecular weight excluding hydrogens is 922 g/mol. The number of hydrogen-bond acceptors (Lipinski definition) is 14. The summed E-state index contributed by atoms with van der Waals surface area (Å²) in [5.41, 5.74) is -0.271. The lowest BCUT2D eigenvalue weighted by molar-refractivity contribution is -0.275. The molecule has 3 aromatic rings. The van der Waals surface area contributed by atoms with E-state index in [1.807, 2.05) is 90.0 Å². The minimum atomic E-state index is -1.79. The van der Waals surface area contributed by atoms with Gasteiger partial charge in [-0.15, -0.1) is 5.10 Å². The first-order valence-corrected chi connectivity index (χ1v) is 26.5. The van der Waals surface area contributed by atoms with E-state index in [0.717, 1.165) is 28.8 Å². The van der Waals surface area contributed by atoms with Crippen molar-refractivity contribution < 1.29 is 53.3 Å². The lowest BCUT2D eigenvalue weighted by atomic mass is 9.68. The van der Waals surface area contributed by atoms with E-state index < -0.39 is 102 Å². The lowest BCUT2D eigenvalue weighted by Gasteiger charge is -2.51. The van der Waals surface area contributed by atoms with Crippen molar-refractivity contribution >= 4 is 5.97 Å². The number of aromatic nitrogens is 3. The van der Waals surface area contributed by atoms with Crippen molar-refractivity contribution in [3.05, 3.63) is 72.1 Å². The molecule has 72 heavy (non-hydrogen) atoms. The quantitative estimate of drug-likeness (QED) is 0.124. The molecule has 0 amide bonds. The molecule has 404 valence electrons. The first-order valence-electron chi connectivity index (χ1n) is 26.5. The number of halogens is 1. The summed E-state index contributed by atoms with van der Waals surface area (Å²) in [5, 5.41) is 56.7. The molecule has 6 rings (SSSR count). The number of likely N-dealkylation sites (N-methyl/N-ethyl adjacent to an activating group) is 2. The van der Waals surface area contributed by atoms with Crippen LogP contribution < -0.4 is 0 Å². The van der Waals surface area contributed by atoms with Gasteiger partial charge in [-0.05, 0) is 110 Å². The smallest absolute Gasteiger partial charge is 0.309 e. The Kier molecular flexibility index (Phi) is 19.7. The Morgan fingerprint density at radius 1 is 0.931 bits per heavy atom. The summed E-state index contributed by atoms with van der Waals surface area (Å²) in [6.07, 6.45) is -1.48. The molecule has 3 aliphatic heterocycles. The van der Waals surface area contributed by atoms with Crippen LogP contribution in [0.15, 0.2) is 60.8 Å². The van der Waals surface area contributed by atoms with Crippen LogP contribution in [0, 0.1) is 23.7 Å². The molecule has 0 bridgehead atoms. The Morgan fingerprint density at radius 3 is 2.24 bits per heavy atom. The summed E-state index contributed by atoms with van der Waals surface area (Å²) in [4.78, 5) is 18.9. The van der Waals surface area contributed by atoms with Crippen LogP contribution in [0.4, 0.5) is 4.39 Å². The molecule has 0 radical (unpaired) electrons. The maximum Gasteiger partial charge on any atom is 0.309 e. The number of nitrogens with zero attached hydrogens (tertiary/aromatic N) is 5. The molecule has 1 aromatic heterocycles. The van der Waals surface area contributed by atoms with Gasteiger partial charge < -0.3 is 53.9 Å². The van der Waals surface area contributed by atoms with Crippen molar-refractivity contribution in [3.63, 3.8) is 0 Å². The highest BCUT2D eigenvalue weighted by Crippen LogP contribution is 2.45. The average Bonchev–Trinajstić information content (AvgIpc) is 3.82. The van der Waals surface area contributed by atoms with Gasteiger partial charge in [0.1, 0.15) is 30.6 Å². The van der Waals surface area contributed by atoms with E-state index in [4.69, 9.17) is 23.7 Å². The number of aliphatic hydroxyl groups is 4.